The summed E-state index contributed by atoms with van der Waals surface area (Å²) in [5, 5.41) is 0. The first-order valence-corrected chi connectivity index (χ1v) is 10.9. The van der Waals surface area contributed by atoms with Crippen molar-refractivity contribution in [3.8, 4) is 11.1 Å². The number of carbonyl (C=O) groups is 2. The van der Waals surface area contributed by atoms with Gasteiger partial charge in [0.05, 0.1) is 17.5 Å². The van der Waals surface area contributed by atoms with Gasteiger partial charge in [-0.1, -0.05) is 72.8 Å². The zero-order chi connectivity index (χ0) is 21.1. The lowest BCUT2D eigenvalue weighted by Crippen LogP contribution is -2.40. The third-order valence-corrected chi connectivity index (χ3v) is 7.13. The van der Waals surface area contributed by atoms with Crippen LogP contribution in [0.1, 0.15) is 40.7 Å². The number of carbonyl (C=O) groups excluding carboxylic acids is 2. The molecule has 4 nitrogen and oxygen atoms in total. The Morgan fingerprint density at radius 3 is 2.39 bits per heavy atom. The molecule has 0 bridgehead atoms. The lowest BCUT2D eigenvalue weighted by molar-refractivity contribution is -0.134. The van der Waals surface area contributed by atoms with Gasteiger partial charge in [0.2, 0.25) is 5.91 Å². The number of esters is 1. The van der Waals surface area contributed by atoms with Crippen LogP contribution in [0.5, 0.6) is 0 Å². The topological polar surface area (TPSA) is 46.6 Å². The average molecular weight is 409 g/mol. The number of amides is 1. The molecule has 0 N–H and O–H groups in total. The molecule has 2 aliphatic heterocycles. The molecule has 1 atom stereocenters. The number of fused-ring (bicyclic) bond motifs is 2. The highest BCUT2D eigenvalue weighted by Crippen LogP contribution is 2.52. The zero-order valence-electron chi connectivity index (χ0n) is 17.2. The van der Waals surface area contributed by atoms with Gasteiger partial charge in [-0.15, -0.1) is 0 Å². The van der Waals surface area contributed by atoms with Crippen molar-refractivity contribution < 1.29 is 14.3 Å². The van der Waals surface area contributed by atoms with Crippen LogP contribution in [0.25, 0.3) is 11.1 Å². The standard InChI is InChI=1S/C27H23NO3/c29-24-22-11-4-5-12-23(22)27(31-24)15-16-28(18-27)25(30)26(13-14-26)21-10-6-9-20(17-21)19-7-2-1-3-8-19/h1-12,17H,13-16,18H2. The van der Waals surface area contributed by atoms with Crippen molar-refractivity contribution in [2.75, 3.05) is 13.1 Å². The molecular formula is C27H23NO3. The highest BCUT2D eigenvalue weighted by Gasteiger charge is 2.57. The first-order chi connectivity index (χ1) is 15.1. The van der Waals surface area contributed by atoms with E-state index in [1.165, 1.54) is 0 Å². The number of hydrogen-bond acceptors (Lipinski definition) is 3. The van der Waals surface area contributed by atoms with E-state index < -0.39 is 11.0 Å². The van der Waals surface area contributed by atoms with Gasteiger partial charge in [-0.05, 0) is 35.6 Å². The van der Waals surface area contributed by atoms with Crippen LogP contribution in [-0.2, 0) is 20.5 Å². The summed E-state index contributed by atoms with van der Waals surface area (Å²) in [5.41, 5.74) is 3.79. The van der Waals surface area contributed by atoms with Crippen LogP contribution >= 0.6 is 0 Å². The molecule has 154 valence electrons. The molecule has 3 aliphatic rings. The molecule has 1 spiro atoms. The largest absolute Gasteiger partial charge is 0.449 e. The van der Waals surface area contributed by atoms with Gasteiger partial charge >= 0.3 is 5.97 Å². The quantitative estimate of drug-likeness (QED) is 0.590. The summed E-state index contributed by atoms with van der Waals surface area (Å²) in [6, 6.07) is 26.2. The minimum absolute atomic E-state index is 0.162. The minimum atomic E-state index is -0.689. The molecular weight excluding hydrogens is 386 g/mol. The summed E-state index contributed by atoms with van der Waals surface area (Å²) >= 11 is 0. The van der Waals surface area contributed by atoms with E-state index >= 15 is 0 Å². The molecule has 6 rings (SSSR count). The van der Waals surface area contributed by atoms with Crippen LogP contribution in [0.4, 0.5) is 0 Å². The fourth-order valence-electron chi connectivity index (χ4n) is 5.29. The van der Waals surface area contributed by atoms with Crippen molar-refractivity contribution in [3.63, 3.8) is 0 Å². The second kappa shape index (κ2) is 6.55. The smallest absolute Gasteiger partial charge is 0.339 e. The van der Waals surface area contributed by atoms with Crippen molar-refractivity contribution in [3.05, 3.63) is 95.6 Å². The average Bonchev–Trinajstić information content (AvgIpc) is 3.46. The Kier molecular flexibility index (Phi) is 3.88. The van der Waals surface area contributed by atoms with Gasteiger partial charge in [0, 0.05) is 18.5 Å². The van der Waals surface area contributed by atoms with Crippen molar-refractivity contribution in [2.45, 2.75) is 30.3 Å². The molecule has 1 amide bonds. The molecule has 3 aromatic carbocycles. The second-order valence-corrected chi connectivity index (χ2v) is 8.94. The van der Waals surface area contributed by atoms with E-state index in [0.717, 1.165) is 35.1 Å². The number of likely N-dealkylation sites (tertiary alicyclic amines) is 1. The third kappa shape index (κ3) is 2.74. The first kappa shape index (κ1) is 18.4. The van der Waals surface area contributed by atoms with E-state index in [2.05, 4.69) is 30.3 Å². The Labute approximate surface area is 181 Å². The molecule has 31 heavy (non-hydrogen) atoms. The zero-order valence-corrected chi connectivity index (χ0v) is 17.2. The Hall–Kier alpha value is -3.40. The highest BCUT2D eigenvalue weighted by molar-refractivity contribution is 5.96. The monoisotopic (exact) mass is 409 g/mol. The van der Waals surface area contributed by atoms with E-state index in [9.17, 15) is 9.59 Å². The molecule has 3 aromatic rings. The van der Waals surface area contributed by atoms with Gasteiger partial charge in [0.15, 0.2) is 5.60 Å². The van der Waals surface area contributed by atoms with Crippen LogP contribution in [-0.4, -0.2) is 29.9 Å². The molecule has 0 aromatic heterocycles. The van der Waals surface area contributed by atoms with Gasteiger partial charge in [-0.25, -0.2) is 4.79 Å². The second-order valence-electron chi connectivity index (χ2n) is 8.94. The van der Waals surface area contributed by atoms with E-state index in [1.807, 2.05) is 53.4 Å². The van der Waals surface area contributed by atoms with E-state index in [4.69, 9.17) is 4.74 Å². The van der Waals surface area contributed by atoms with Crippen molar-refractivity contribution in [1.29, 1.82) is 0 Å². The van der Waals surface area contributed by atoms with Crippen LogP contribution in [0.15, 0.2) is 78.9 Å². The van der Waals surface area contributed by atoms with Crippen LogP contribution in [0, 0.1) is 0 Å². The maximum absolute atomic E-state index is 13.7. The van der Waals surface area contributed by atoms with Crippen molar-refractivity contribution in [1.82, 2.24) is 4.90 Å². The maximum atomic E-state index is 13.7. The molecule has 1 unspecified atom stereocenters. The number of rotatable bonds is 3. The van der Waals surface area contributed by atoms with E-state index in [0.29, 0.717) is 25.1 Å². The summed E-state index contributed by atoms with van der Waals surface area (Å²) < 4.78 is 5.84. The summed E-state index contributed by atoms with van der Waals surface area (Å²) in [6.07, 6.45) is 2.38. The number of hydrogen-bond donors (Lipinski definition) is 0. The molecule has 1 saturated carbocycles. The van der Waals surface area contributed by atoms with Crippen LogP contribution in [0.3, 0.4) is 0 Å². The third-order valence-electron chi connectivity index (χ3n) is 7.13. The Morgan fingerprint density at radius 1 is 0.839 bits per heavy atom. The molecule has 1 aliphatic carbocycles. The fraction of sp³-hybridized carbons (Fsp3) is 0.259. The Morgan fingerprint density at radius 2 is 1.58 bits per heavy atom. The first-order valence-electron chi connectivity index (χ1n) is 10.9. The maximum Gasteiger partial charge on any atom is 0.339 e. The summed E-state index contributed by atoms with van der Waals surface area (Å²) in [6.45, 7) is 1.05. The summed E-state index contributed by atoms with van der Waals surface area (Å²) in [5.74, 6) is -0.114. The normalized spacial score (nSPS) is 23.0. The van der Waals surface area contributed by atoms with Crippen molar-refractivity contribution in [2.24, 2.45) is 0 Å². The molecule has 0 radical (unpaired) electrons. The molecule has 1 saturated heterocycles. The summed E-state index contributed by atoms with van der Waals surface area (Å²) in [7, 11) is 0. The Balaban J connectivity index is 1.29. The van der Waals surface area contributed by atoms with Gasteiger partial charge in [0.25, 0.3) is 0 Å². The molecule has 4 heteroatoms. The SMILES string of the molecule is O=C1OC2(CCN(C(=O)C3(c4cccc(-c5ccccc5)c4)CC3)C2)c2ccccc21. The molecule has 2 heterocycles. The predicted molar refractivity (Wildman–Crippen MR) is 118 cm³/mol. The van der Waals surface area contributed by atoms with Crippen LogP contribution < -0.4 is 0 Å². The summed E-state index contributed by atoms with van der Waals surface area (Å²) in [4.78, 5) is 28.0. The number of benzene rings is 3. The number of nitrogens with zero attached hydrogens (tertiary/aromatic N) is 1. The van der Waals surface area contributed by atoms with Crippen molar-refractivity contribution >= 4 is 11.9 Å². The van der Waals surface area contributed by atoms with Gasteiger partial charge in [0.1, 0.15) is 0 Å². The Bertz CT molecular complexity index is 1200. The fourth-order valence-corrected chi connectivity index (χ4v) is 5.29. The number of ether oxygens (including phenoxy) is 1. The van der Waals surface area contributed by atoms with Gasteiger partial charge < -0.3 is 9.64 Å². The van der Waals surface area contributed by atoms with E-state index in [-0.39, 0.29) is 11.9 Å². The van der Waals surface area contributed by atoms with Gasteiger partial charge in [-0.2, -0.15) is 0 Å². The highest BCUT2D eigenvalue weighted by atomic mass is 16.6. The molecule has 2 fully saturated rings. The van der Waals surface area contributed by atoms with Gasteiger partial charge in [-0.3, -0.25) is 4.79 Å². The lowest BCUT2D eigenvalue weighted by Gasteiger charge is -2.27. The minimum Gasteiger partial charge on any atom is -0.449 e. The van der Waals surface area contributed by atoms with Crippen LogP contribution in [0.2, 0.25) is 0 Å². The lowest BCUT2D eigenvalue weighted by atomic mass is 9.90. The van der Waals surface area contributed by atoms with E-state index in [1.54, 1.807) is 0 Å². The predicted octanol–water partition coefficient (Wildman–Crippen LogP) is 4.68.